The Hall–Kier alpha value is -1.36. The molecule has 4 nitrogen and oxygen atoms in total. The van der Waals surface area contributed by atoms with Crippen molar-refractivity contribution in [3.63, 3.8) is 0 Å². The van der Waals surface area contributed by atoms with Crippen LogP contribution in [0.1, 0.15) is 23.9 Å². The van der Waals surface area contributed by atoms with Crippen LogP contribution in [-0.4, -0.2) is 14.3 Å². The molecule has 0 atom stereocenters. The molecule has 0 amide bonds. The van der Waals surface area contributed by atoms with Gasteiger partial charge >= 0.3 is 0 Å². The molecule has 0 fully saturated rings. The average Bonchev–Trinajstić information content (AvgIpc) is 2.59. The van der Waals surface area contributed by atoms with Gasteiger partial charge in [0.15, 0.2) is 0 Å². The Kier molecular flexibility index (Phi) is 3.71. The maximum absolute atomic E-state index is 11.9. The summed E-state index contributed by atoms with van der Waals surface area (Å²) in [7, 11) is 1.90. The quantitative estimate of drug-likeness (QED) is 0.872. The van der Waals surface area contributed by atoms with Crippen molar-refractivity contribution >= 4 is 15.9 Å². The highest BCUT2D eigenvalue weighted by Crippen LogP contribution is 2.21. The zero-order valence-corrected chi connectivity index (χ0v) is 12.4. The number of pyridine rings is 1. The SMILES string of the molecule is CCc1nn(C)c(Cn2ccc(C)cc2=O)c1Br. The first-order chi connectivity index (χ1) is 8.52. The minimum absolute atomic E-state index is 0.0150. The van der Waals surface area contributed by atoms with E-state index < -0.39 is 0 Å². The molecule has 5 heteroatoms. The lowest BCUT2D eigenvalue weighted by Crippen LogP contribution is -2.20. The lowest BCUT2D eigenvalue weighted by atomic mass is 10.3. The Morgan fingerprint density at radius 1 is 1.44 bits per heavy atom. The normalized spacial score (nSPS) is 10.9. The second-order valence-corrected chi connectivity index (χ2v) is 5.15. The summed E-state index contributed by atoms with van der Waals surface area (Å²) in [6, 6.07) is 3.58. The molecule has 2 rings (SSSR count). The molecule has 96 valence electrons. The van der Waals surface area contributed by atoms with Gasteiger partial charge in [-0.3, -0.25) is 9.48 Å². The third-order valence-corrected chi connectivity index (χ3v) is 3.89. The first kappa shape index (κ1) is 13.1. The van der Waals surface area contributed by atoms with Crippen molar-refractivity contribution in [2.24, 2.45) is 7.05 Å². The van der Waals surface area contributed by atoms with Gasteiger partial charge in [0.25, 0.3) is 5.56 Å². The molecule has 0 N–H and O–H groups in total. The maximum Gasteiger partial charge on any atom is 0.251 e. The summed E-state index contributed by atoms with van der Waals surface area (Å²) < 4.78 is 4.52. The standard InChI is InChI=1S/C13H16BrN3O/c1-4-10-13(14)11(16(3)15-10)8-17-6-5-9(2)7-12(17)18/h5-7H,4,8H2,1-3H3. The largest absolute Gasteiger partial charge is 0.309 e. The van der Waals surface area contributed by atoms with Crippen molar-refractivity contribution in [3.05, 3.63) is 50.1 Å². The van der Waals surface area contributed by atoms with Crippen LogP contribution >= 0.6 is 15.9 Å². The molecule has 0 bridgehead atoms. The van der Waals surface area contributed by atoms with Crippen LogP contribution in [0.5, 0.6) is 0 Å². The molecule has 0 unspecified atom stereocenters. The number of hydrogen-bond donors (Lipinski definition) is 0. The minimum atomic E-state index is 0.0150. The summed E-state index contributed by atoms with van der Waals surface area (Å²) in [5, 5.41) is 4.43. The predicted octanol–water partition coefficient (Wildman–Crippen LogP) is 2.26. The number of nitrogens with zero attached hydrogens (tertiary/aromatic N) is 3. The van der Waals surface area contributed by atoms with E-state index in [9.17, 15) is 4.79 Å². The van der Waals surface area contributed by atoms with E-state index in [1.54, 1.807) is 10.6 Å². The monoisotopic (exact) mass is 309 g/mol. The summed E-state index contributed by atoms with van der Waals surface area (Å²) in [5.41, 5.74) is 3.03. The molecular weight excluding hydrogens is 294 g/mol. The Morgan fingerprint density at radius 3 is 2.72 bits per heavy atom. The highest BCUT2D eigenvalue weighted by atomic mass is 79.9. The van der Waals surface area contributed by atoms with Gasteiger partial charge in [-0.15, -0.1) is 0 Å². The molecule has 18 heavy (non-hydrogen) atoms. The second-order valence-electron chi connectivity index (χ2n) is 4.35. The molecule has 0 aromatic carbocycles. The molecule has 2 aromatic rings. The van der Waals surface area contributed by atoms with Crippen molar-refractivity contribution in [3.8, 4) is 0 Å². The topological polar surface area (TPSA) is 39.8 Å². The van der Waals surface area contributed by atoms with Gasteiger partial charge in [0.05, 0.1) is 22.4 Å². The van der Waals surface area contributed by atoms with Gasteiger partial charge in [-0.1, -0.05) is 6.92 Å². The summed E-state index contributed by atoms with van der Waals surface area (Å²) >= 11 is 3.56. The molecular formula is C13H16BrN3O. The second kappa shape index (κ2) is 5.10. The summed E-state index contributed by atoms with van der Waals surface area (Å²) in [6.45, 7) is 4.51. The molecule has 0 spiro atoms. The number of hydrogen-bond acceptors (Lipinski definition) is 2. The lowest BCUT2D eigenvalue weighted by molar-refractivity contribution is 0.647. The van der Waals surface area contributed by atoms with Crippen LogP contribution in [0, 0.1) is 6.92 Å². The van der Waals surface area contributed by atoms with Crippen molar-refractivity contribution in [2.45, 2.75) is 26.8 Å². The van der Waals surface area contributed by atoms with Crippen LogP contribution in [0.4, 0.5) is 0 Å². The zero-order chi connectivity index (χ0) is 13.3. The molecule has 0 aliphatic rings. The lowest BCUT2D eigenvalue weighted by Gasteiger charge is -2.07. The van der Waals surface area contributed by atoms with Crippen LogP contribution in [0.25, 0.3) is 0 Å². The van der Waals surface area contributed by atoms with Crippen LogP contribution in [0.3, 0.4) is 0 Å². The Bertz CT molecular complexity index is 628. The van der Waals surface area contributed by atoms with Crippen LogP contribution < -0.4 is 5.56 Å². The predicted molar refractivity (Wildman–Crippen MR) is 74.8 cm³/mol. The molecule has 0 aliphatic heterocycles. The smallest absolute Gasteiger partial charge is 0.251 e. The van der Waals surface area contributed by atoms with Crippen LogP contribution in [-0.2, 0) is 20.0 Å². The van der Waals surface area contributed by atoms with Gasteiger partial charge in [-0.25, -0.2) is 0 Å². The highest BCUT2D eigenvalue weighted by Gasteiger charge is 2.13. The first-order valence-corrected chi connectivity index (χ1v) is 6.69. The fraction of sp³-hybridized carbons (Fsp3) is 0.385. The van der Waals surface area contributed by atoms with Gasteiger partial charge < -0.3 is 4.57 Å². The van der Waals surface area contributed by atoms with E-state index in [1.165, 1.54) is 0 Å². The Balaban J connectivity index is 2.40. The van der Waals surface area contributed by atoms with E-state index in [2.05, 4.69) is 28.0 Å². The van der Waals surface area contributed by atoms with E-state index in [1.807, 2.05) is 30.9 Å². The number of aromatic nitrogens is 3. The molecule has 0 aliphatic carbocycles. The van der Waals surface area contributed by atoms with Crippen molar-refractivity contribution in [1.29, 1.82) is 0 Å². The van der Waals surface area contributed by atoms with Crippen LogP contribution in [0.15, 0.2) is 27.6 Å². The van der Waals surface area contributed by atoms with Gasteiger partial charge in [-0.2, -0.15) is 5.10 Å². The Morgan fingerprint density at radius 2 is 2.17 bits per heavy atom. The Labute approximate surface area is 114 Å². The first-order valence-electron chi connectivity index (χ1n) is 5.90. The maximum atomic E-state index is 11.9. The summed E-state index contributed by atoms with van der Waals surface area (Å²) in [5.74, 6) is 0. The average molecular weight is 310 g/mol. The number of aryl methyl sites for hydroxylation is 3. The fourth-order valence-corrected chi connectivity index (χ4v) is 2.63. The zero-order valence-electron chi connectivity index (χ0n) is 10.8. The van der Waals surface area contributed by atoms with Gasteiger partial charge in [0.2, 0.25) is 0 Å². The van der Waals surface area contributed by atoms with E-state index in [0.29, 0.717) is 6.54 Å². The van der Waals surface area contributed by atoms with E-state index >= 15 is 0 Å². The van der Waals surface area contributed by atoms with Gasteiger partial charge in [0, 0.05) is 19.3 Å². The van der Waals surface area contributed by atoms with Crippen molar-refractivity contribution in [2.75, 3.05) is 0 Å². The molecule has 0 saturated heterocycles. The van der Waals surface area contributed by atoms with Crippen molar-refractivity contribution < 1.29 is 0 Å². The third-order valence-electron chi connectivity index (χ3n) is 2.97. The molecule has 2 aromatic heterocycles. The third kappa shape index (κ3) is 2.41. The van der Waals surface area contributed by atoms with E-state index in [0.717, 1.165) is 27.8 Å². The summed E-state index contributed by atoms with van der Waals surface area (Å²) in [4.78, 5) is 11.9. The minimum Gasteiger partial charge on any atom is -0.309 e. The molecule has 0 radical (unpaired) electrons. The highest BCUT2D eigenvalue weighted by molar-refractivity contribution is 9.10. The van der Waals surface area contributed by atoms with Crippen molar-refractivity contribution in [1.82, 2.24) is 14.3 Å². The van der Waals surface area contributed by atoms with E-state index in [-0.39, 0.29) is 5.56 Å². The molecule has 2 heterocycles. The fourth-order valence-electron chi connectivity index (χ4n) is 1.89. The van der Waals surface area contributed by atoms with E-state index in [4.69, 9.17) is 0 Å². The number of halogens is 1. The molecule has 0 saturated carbocycles. The van der Waals surface area contributed by atoms with Crippen LogP contribution in [0.2, 0.25) is 0 Å². The van der Waals surface area contributed by atoms with Gasteiger partial charge in [-0.05, 0) is 40.9 Å². The summed E-state index contributed by atoms with van der Waals surface area (Å²) in [6.07, 6.45) is 2.69. The number of rotatable bonds is 3. The van der Waals surface area contributed by atoms with Gasteiger partial charge in [0.1, 0.15) is 0 Å².